The molecule has 0 aromatic carbocycles. The van der Waals surface area contributed by atoms with Gasteiger partial charge in [-0.1, -0.05) is 0 Å². The molecule has 2 heterocycles. The Morgan fingerprint density at radius 3 is 2.79 bits per heavy atom. The first-order valence-corrected chi connectivity index (χ1v) is 4.49. The number of furan rings is 1. The molecule has 0 aliphatic carbocycles. The highest BCUT2D eigenvalue weighted by atomic mass is 16.6. The summed E-state index contributed by atoms with van der Waals surface area (Å²) in [6.45, 7) is 1.92. The first-order valence-electron chi connectivity index (χ1n) is 4.49. The van der Waals surface area contributed by atoms with Crippen LogP contribution in [0.4, 0.5) is 4.79 Å². The van der Waals surface area contributed by atoms with E-state index in [-0.39, 0.29) is 6.09 Å². The molecule has 5 nitrogen and oxygen atoms in total. The molecular weight excluding hydrogens is 184 g/mol. The van der Waals surface area contributed by atoms with E-state index in [0.29, 0.717) is 26.2 Å². The maximum atomic E-state index is 11.1. The van der Waals surface area contributed by atoms with E-state index in [1.807, 2.05) is 12.1 Å². The van der Waals surface area contributed by atoms with Crippen LogP contribution < -0.4 is 5.73 Å². The van der Waals surface area contributed by atoms with E-state index >= 15 is 0 Å². The number of hydrogen-bond donors (Lipinski definition) is 1. The van der Waals surface area contributed by atoms with Gasteiger partial charge in [0.2, 0.25) is 0 Å². The van der Waals surface area contributed by atoms with Crippen molar-refractivity contribution >= 4 is 6.09 Å². The monoisotopic (exact) mass is 196 g/mol. The fourth-order valence-electron chi connectivity index (χ4n) is 1.37. The summed E-state index contributed by atoms with van der Waals surface area (Å²) >= 11 is 0. The molecule has 1 saturated heterocycles. The van der Waals surface area contributed by atoms with Crippen LogP contribution in [0.15, 0.2) is 16.5 Å². The normalized spacial score (nSPS) is 16.1. The molecule has 2 rings (SSSR count). The van der Waals surface area contributed by atoms with E-state index in [1.54, 1.807) is 4.90 Å². The van der Waals surface area contributed by atoms with Crippen molar-refractivity contribution < 1.29 is 13.9 Å². The Morgan fingerprint density at radius 2 is 2.21 bits per heavy atom. The van der Waals surface area contributed by atoms with Gasteiger partial charge < -0.3 is 14.9 Å². The van der Waals surface area contributed by atoms with Crippen LogP contribution in [0.25, 0.3) is 0 Å². The van der Waals surface area contributed by atoms with Crippen LogP contribution in [0, 0.1) is 0 Å². The summed E-state index contributed by atoms with van der Waals surface area (Å²) in [7, 11) is 0. The summed E-state index contributed by atoms with van der Waals surface area (Å²) in [5.74, 6) is 1.47. The van der Waals surface area contributed by atoms with Gasteiger partial charge in [-0.15, -0.1) is 0 Å². The minimum absolute atomic E-state index is 0.282. The van der Waals surface area contributed by atoms with E-state index in [1.165, 1.54) is 0 Å². The highest BCUT2D eigenvalue weighted by Crippen LogP contribution is 2.13. The molecule has 0 unspecified atom stereocenters. The van der Waals surface area contributed by atoms with Gasteiger partial charge in [0.15, 0.2) is 0 Å². The number of hydrogen-bond acceptors (Lipinski definition) is 4. The Balaban J connectivity index is 1.99. The van der Waals surface area contributed by atoms with Gasteiger partial charge in [0, 0.05) is 0 Å². The van der Waals surface area contributed by atoms with Crippen molar-refractivity contribution in [2.45, 2.75) is 13.1 Å². The largest absolute Gasteiger partial charge is 0.463 e. The molecule has 1 fully saturated rings. The molecule has 0 spiro atoms. The van der Waals surface area contributed by atoms with Gasteiger partial charge in [0.1, 0.15) is 18.1 Å². The minimum Gasteiger partial charge on any atom is -0.463 e. The second-order valence-electron chi connectivity index (χ2n) is 3.11. The van der Waals surface area contributed by atoms with Gasteiger partial charge in [-0.25, -0.2) is 4.79 Å². The van der Waals surface area contributed by atoms with Crippen molar-refractivity contribution in [3.8, 4) is 0 Å². The summed E-state index contributed by atoms with van der Waals surface area (Å²) < 4.78 is 10.2. The maximum Gasteiger partial charge on any atom is 0.410 e. The second kappa shape index (κ2) is 3.71. The quantitative estimate of drug-likeness (QED) is 0.772. The summed E-state index contributed by atoms with van der Waals surface area (Å²) in [6, 6.07) is 3.64. The predicted molar refractivity (Wildman–Crippen MR) is 48.4 cm³/mol. The maximum absolute atomic E-state index is 11.1. The van der Waals surface area contributed by atoms with Crippen molar-refractivity contribution in [1.29, 1.82) is 0 Å². The summed E-state index contributed by atoms with van der Waals surface area (Å²) in [6.07, 6.45) is -0.282. The topological polar surface area (TPSA) is 68.7 Å². The molecule has 5 heteroatoms. The SMILES string of the molecule is NCc1ccc(CN2CCOC2=O)o1. The van der Waals surface area contributed by atoms with Crippen molar-refractivity contribution in [2.75, 3.05) is 13.2 Å². The number of cyclic esters (lactones) is 1. The molecule has 0 radical (unpaired) electrons. The molecule has 1 aromatic rings. The molecule has 0 saturated carbocycles. The number of ether oxygens (including phenoxy) is 1. The van der Waals surface area contributed by atoms with Gasteiger partial charge in [-0.2, -0.15) is 0 Å². The lowest BCUT2D eigenvalue weighted by molar-refractivity contribution is 0.155. The number of amides is 1. The first-order chi connectivity index (χ1) is 6.79. The average molecular weight is 196 g/mol. The van der Waals surface area contributed by atoms with E-state index < -0.39 is 0 Å². The summed E-state index contributed by atoms with van der Waals surface area (Å²) in [5.41, 5.74) is 5.40. The third kappa shape index (κ3) is 1.72. The van der Waals surface area contributed by atoms with Crippen LogP contribution in [0.1, 0.15) is 11.5 Å². The average Bonchev–Trinajstić information content (AvgIpc) is 2.77. The van der Waals surface area contributed by atoms with Gasteiger partial charge in [0.25, 0.3) is 0 Å². The molecule has 76 valence electrons. The fourth-order valence-corrected chi connectivity index (χ4v) is 1.37. The van der Waals surface area contributed by atoms with E-state index in [4.69, 9.17) is 14.9 Å². The Morgan fingerprint density at radius 1 is 1.43 bits per heavy atom. The van der Waals surface area contributed by atoms with Gasteiger partial charge in [-0.05, 0) is 12.1 Å². The van der Waals surface area contributed by atoms with Crippen molar-refractivity contribution in [1.82, 2.24) is 4.90 Å². The molecule has 1 amide bonds. The zero-order valence-electron chi connectivity index (χ0n) is 7.73. The lowest BCUT2D eigenvalue weighted by Gasteiger charge is -2.09. The van der Waals surface area contributed by atoms with Crippen LogP contribution in [0.5, 0.6) is 0 Å². The highest BCUT2D eigenvalue weighted by molar-refractivity contribution is 5.69. The Kier molecular flexibility index (Phi) is 2.41. The number of nitrogens with zero attached hydrogens (tertiary/aromatic N) is 1. The lowest BCUT2D eigenvalue weighted by atomic mass is 10.4. The number of rotatable bonds is 3. The molecule has 2 N–H and O–H groups in total. The van der Waals surface area contributed by atoms with Crippen molar-refractivity contribution in [2.24, 2.45) is 5.73 Å². The van der Waals surface area contributed by atoms with Gasteiger partial charge in [-0.3, -0.25) is 4.90 Å². The van der Waals surface area contributed by atoms with Crippen molar-refractivity contribution in [3.05, 3.63) is 23.7 Å². The molecule has 1 aliphatic rings. The fraction of sp³-hybridized carbons (Fsp3) is 0.444. The van der Waals surface area contributed by atoms with Crippen LogP contribution in [-0.4, -0.2) is 24.1 Å². The lowest BCUT2D eigenvalue weighted by Crippen LogP contribution is -2.23. The second-order valence-corrected chi connectivity index (χ2v) is 3.11. The summed E-state index contributed by atoms with van der Waals surface area (Å²) in [5, 5.41) is 0. The smallest absolute Gasteiger partial charge is 0.410 e. The third-order valence-corrected chi connectivity index (χ3v) is 2.11. The van der Waals surface area contributed by atoms with E-state index in [9.17, 15) is 4.79 Å². The van der Waals surface area contributed by atoms with Gasteiger partial charge in [0.05, 0.1) is 19.6 Å². The molecule has 0 atom stereocenters. The summed E-state index contributed by atoms with van der Waals surface area (Å²) in [4.78, 5) is 12.7. The zero-order chi connectivity index (χ0) is 9.97. The standard InChI is InChI=1S/C9H12N2O3/c10-5-7-1-2-8(14-7)6-11-3-4-13-9(11)12/h1-2H,3-6,10H2. The van der Waals surface area contributed by atoms with Crippen LogP contribution in [-0.2, 0) is 17.8 Å². The predicted octanol–water partition coefficient (Wildman–Crippen LogP) is 0.691. The Bertz CT molecular complexity index is 335. The molecule has 1 aliphatic heterocycles. The van der Waals surface area contributed by atoms with E-state index in [2.05, 4.69) is 0 Å². The van der Waals surface area contributed by atoms with Gasteiger partial charge >= 0.3 is 6.09 Å². The Hall–Kier alpha value is -1.49. The number of carbonyl (C=O) groups excluding carboxylic acids is 1. The molecule has 1 aromatic heterocycles. The zero-order valence-corrected chi connectivity index (χ0v) is 7.73. The van der Waals surface area contributed by atoms with Crippen LogP contribution in [0.2, 0.25) is 0 Å². The van der Waals surface area contributed by atoms with Crippen LogP contribution in [0.3, 0.4) is 0 Å². The van der Waals surface area contributed by atoms with E-state index in [0.717, 1.165) is 11.5 Å². The number of carbonyl (C=O) groups is 1. The first kappa shape index (κ1) is 9.08. The molecule has 14 heavy (non-hydrogen) atoms. The Labute approximate surface area is 81.4 Å². The van der Waals surface area contributed by atoms with Crippen LogP contribution >= 0.6 is 0 Å². The molecule has 0 bridgehead atoms. The molecular formula is C9H12N2O3. The number of nitrogens with two attached hydrogens (primary N) is 1. The minimum atomic E-state index is -0.282. The highest BCUT2D eigenvalue weighted by Gasteiger charge is 2.22. The van der Waals surface area contributed by atoms with Crippen molar-refractivity contribution in [3.63, 3.8) is 0 Å². The third-order valence-electron chi connectivity index (χ3n) is 2.11.